The molecule has 0 spiro atoms. The van der Waals surface area contributed by atoms with Crippen LogP contribution in [0.3, 0.4) is 0 Å². The fraction of sp³-hybridized carbons (Fsp3) is 0.167. The van der Waals surface area contributed by atoms with Gasteiger partial charge in [-0.3, -0.25) is 4.79 Å². The minimum atomic E-state index is -4.83. The molecule has 9 nitrogen and oxygen atoms in total. The van der Waals surface area contributed by atoms with Crippen molar-refractivity contribution in [2.75, 3.05) is 21.3 Å². The number of nitrogens with one attached hydrogen (secondary N) is 4. The third-order valence-electron chi connectivity index (χ3n) is 5.27. The topological polar surface area (TPSA) is 117 Å². The molecule has 2 aromatic carbocycles. The number of halogens is 4. The van der Waals surface area contributed by atoms with Crippen molar-refractivity contribution >= 4 is 61.6 Å². The van der Waals surface area contributed by atoms with E-state index in [0.717, 1.165) is 31.0 Å². The van der Waals surface area contributed by atoms with E-state index in [1.165, 1.54) is 35.6 Å². The lowest BCUT2D eigenvalue weighted by Gasteiger charge is -2.12. The highest BCUT2D eigenvalue weighted by Crippen LogP contribution is 2.32. The molecule has 1 fully saturated rings. The van der Waals surface area contributed by atoms with Gasteiger partial charge in [-0.15, -0.1) is 13.2 Å². The zero-order valence-corrected chi connectivity index (χ0v) is 20.0. The molecule has 4 N–H and O–H groups in total. The largest absolute Gasteiger partial charge is 0.573 e. The maximum atomic E-state index is 14.3. The van der Waals surface area contributed by atoms with Crippen LogP contribution in [0.4, 0.5) is 50.4 Å². The van der Waals surface area contributed by atoms with Gasteiger partial charge < -0.3 is 26.0 Å². The first-order chi connectivity index (χ1) is 18.1. The molecule has 0 radical (unpaired) electrons. The van der Waals surface area contributed by atoms with Crippen molar-refractivity contribution in [3.8, 4) is 5.75 Å². The van der Waals surface area contributed by atoms with Gasteiger partial charge in [0.1, 0.15) is 27.7 Å². The maximum absolute atomic E-state index is 14.3. The number of urea groups is 1. The van der Waals surface area contributed by atoms with Gasteiger partial charge in [0, 0.05) is 17.3 Å². The lowest BCUT2D eigenvalue weighted by molar-refractivity contribution is -0.274. The van der Waals surface area contributed by atoms with Crippen LogP contribution in [0.5, 0.6) is 5.75 Å². The molecule has 4 aromatic rings. The van der Waals surface area contributed by atoms with Crippen LogP contribution in [0.25, 0.3) is 10.3 Å². The Kier molecular flexibility index (Phi) is 6.72. The summed E-state index contributed by atoms with van der Waals surface area (Å²) in [5.41, 5.74) is 1.06. The van der Waals surface area contributed by atoms with Gasteiger partial charge in [-0.1, -0.05) is 11.3 Å². The van der Waals surface area contributed by atoms with E-state index < -0.39 is 24.0 Å². The van der Waals surface area contributed by atoms with Gasteiger partial charge >= 0.3 is 12.4 Å². The fourth-order valence-electron chi connectivity index (χ4n) is 3.36. The lowest BCUT2D eigenvalue weighted by Crippen LogP contribution is -2.20. The summed E-state index contributed by atoms with van der Waals surface area (Å²) in [5.74, 6) is -0.720. The second-order valence-electron chi connectivity index (χ2n) is 8.27. The van der Waals surface area contributed by atoms with Crippen LogP contribution >= 0.6 is 11.3 Å². The minimum Gasteiger partial charge on any atom is -0.406 e. The highest BCUT2D eigenvalue weighted by atomic mass is 32.1. The predicted octanol–water partition coefficient (Wildman–Crippen LogP) is 6.47. The van der Waals surface area contributed by atoms with Crippen LogP contribution in [0, 0.1) is 11.7 Å². The zero-order valence-electron chi connectivity index (χ0n) is 19.2. The molecule has 38 heavy (non-hydrogen) atoms. The molecule has 0 unspecified atom stereocenters. The Morgan fingerprint density at radius 2 is 1.66 bits per heavy atom. The monoisotopic (exact) mass is 546 g/mol. The van der Waals surface area contributed by atoms with E-state index in [1.54, 1.807) is 12.1 Å². The number of fused-ring (bicyclic) bond motifs is 1. The van der Waals surface area contributed by atoms with Gasteiger partial charge in [0.2, 0.25) is 5.91 Å². The molecule has 1 aliphatic rings. The number of nitrogens with zero attached hydrogens (tertiary/aromatic N) is 2. The molecule has 1 aliphatic carbocycles. The molecule has 14 heteroatoms. The van der Waals surface area contributed by atoms with Crippen LogP contribution < -0.4 is 26.0 Å². The Labute approximate surface area is 216 Å². The summed E-state index contributed by atoms with van der Waals surface area (Å²) in [5, 5.41) is 11.0. The number of carbonyl (C=O) groups excluding carboxylic acids is 2. The predicted molar refractivity (Wildman–Crippen MR) is 134 cm³/mol. The number of rotatable bonds is 7. The van der Waals surface area contributed by atoms with Crippen molar-refractivity contribution in [1.82, 2.24) is 9.97 Å². The SMILES string of the molecule is O=C(Nc1ccc(OC(F)(F)F)cc1)Nc1cc(Nc2ccc3nc(NC(=O)C4CC4)sc3n2)ccc1F. The summed E-state index contributed by atoms with van der Waals surface area (Å²) in [4.78, 5) is 33.7. The molecular formula is C24H18F4N6O3S. The van der Waals surface area contributed by atoms with Crippen LogP contribution in [-0.2, 0) is 4.79 Å². The van der Waals surface area contributed by atoms with Gasteiger partial charge in [0.25, 0.3) is 0 Å². The Balaban J connectivity index is 1.22. The average molecular weight is 547 g/mol. The number of hydrogen-bond donors (Lipinski definition) is 4. The van der Waals surface area contributed by atoms with Crippen LogP contribution in [0.1, 0.15) is 12.8 Å². The summed E-state index contributed by atoms with van der Waals surface area (Å²) < 4.78 is 55.0. The quantitative estimate of drug-likeness (QED) is 0.198. The Morgan fingerprint density at radius 1 is 0.921 bits per heavy atom. The molecule has 2 heterocycles. The van der Waals surface area contributed by atoms with Crippen molar-refractivity contribution < 1.29 is 31.9 Å². The number of hydrogen-bond acceptors (Lipinski definition) is 7. The van der Waals surface area contributed by atoms with Crippen molar-refractivity contribution in [3.05, 3.63) is 60.4 Å². The summed E-state index contributed by atoms with van der Waals surface area (Å²) in [6.45, 7) is 0. The molecule has 0 bridgehead atoms. The first-order valence-electron chi connectivity index (χ1n) is 11.2. The number of anilines is 5. The van der Waals surface area contributed by atoms with E-state index in [2.05, 4.69) is 36.0 Å². The highest BCUT2D eigenvalue weighted by molar-refractivity contribution is 7.22. The van der Waals surface area contributed by atoms with Gasteiger partial charge in [-0.05, 0) is 67.4 Å². The minimum absolute atomic E-state index is 0.0500. The van der Waals surface area contributed by atoms with Gasteiger partial charge in [0.15, 0.2) is 5.13 Å². The zero-order chi connectivity index (χ0) is 26.9. The number of carbonyl (C=O) groups is 2. The summed E-state index contributed by atoms with van der Waals surface area (Å²) in [6.07, 6.45) is -3.07. The summed E-state index contributed by atoms with van der Waals surface area (Å²) in [6, 6.07) is 11.0. The van der Waals surface area contributed by atoms with E-state index in [-0.39, 0.29) is 23.2 Å². The molecule has 0 atom stereocenters. The molecular weight excluding hydrogens is 528 g/mol. The number of pyridine rings is 1. The molecule has 5 rings (SSSR count). The van der Waals surface area contributed by atoms with Crippen molar-refractivity contribution in [2.45, 2.75) is 19.2 Å². The normalized spacial score (nSPS) is 13.2. The average Bonchev–Trinajstić information content (AvgIpc) is 3.62. The van der Waals surface area contributed by atoms with Crippen LogP contribution in [-0.4, -0.2) is 28.3 Å². The third-order valence-corrected chi connectivity index (χ3v) is 6.15. The number of thiazole rings is 1. The molecule has 0 saturated heterocycles. The second kappa shape index (κ2) is 10.1. The second-order valence-corrected chi connectivity index (χ2v) is 9.25. The lowest BCUT2D eigenvalue weighted by atomic mass is 10.2. The Hall–Kier alpha value is -4.46. The van der Waals surface area contributed by atoms with E-state index >= 15 is 0 Å². The maximum Gasteiger partial charge on any atom is 0.573 e. The smallest absolute Gasteiger partial charge is 0.406 e. The van der Waals surface area contributed by atoms with Crippen LogP contribution in [0.2, 0.25) is 0 Å². The number of alkyl halides is 3. The van der Waals surface area contributed by atoms with Crippen molar-refractivity contribution in [2.24, 2.45) is 5.92 Å². The molecule has 1 saturated carbocycles. The van der Waals surface area contributed by atoms with E-state index in [0.29, 0.717) is 27.0 Å². The van der Waals surface area contributed by atoms with Crippen LogP contribution in [0.15, 0.2) is 54.6 Å². The standard InChI is InChI=1S/C24H18F4N6O3S/c25-16-8-5-14(11-18(16)31-22(36)30-13-3-6-15(7-4-13)37-24(26,27)28)29-19-10-9-17-21(33-19)38-23(32-17)34-20(35)12-1-2-12/h3-12H,1-2H2,(H,29,33)(H2,30,31,36)(H,32,34,35). The van der Waals surface area contributed by atoms with Crippen molar-refractivity contribution in [3.63, 3.8) is 0 Å². The number of amides is 3. The fourth-order valence-corrected chi connectivity index (χ4v) is 4.21. The first kappa shape index (κ1) is 25.2. The van der Waals surface area contributed by atoms with Crippen molar-refractivity contribution in [1.29, 1.82) is 0 Å². The number of benzene rings is 2. The molecule has 196 valence electrons. The Morgan fingerprint density at radius 3 is 2.37 bits per heavy atom. The Bertz CT molecular complexity index is 1510. The molecule has 3 amide bonds. The van der Waals surface area contributed by atoms with Gasteiger partial charge in [-0.2, -0.15) is 0 Å². The first-order valence-corrected chi connectivity index (χ1v) is 12.0. The summed E-state index contributed by atoms with van der Waals surface area (Å²) in [7, 11) is 0. The van der Waals surface area contributed by atoms with Gasteiger partial charge in [0.05, 0.1) is 5.69 Å². The molecule has 2 aromatic heterocycles. The number of ether oxygens (including phenoxy) is 1. The molecule has 0 aliphatic heterocycles. The van der Waals surface area contributed by atoms with E-state index in [1.807, 2.05) is 0 Å². The third kappa shape index (κ3) is 6.45. The van der Waals surface area contributed by atoms with E-state index in [9.17, 15) is 27.2 Å². The van der Waals surface area contributed by atoms with Gasteiger partial charge in [-0.25, -0.2) is 19.2 Å². The summed E-state index contributed by atoms with van der Waals surface area (Å²) >= 11 is 1.23. The number of aromatic nitrogens is 2. The highest BCUT2D eigenvalue weighted by Gasteiger charge is 2.31. The van der Waals surface area contributed by atoms with E-state index in [4.69, 9.17) is 0 Å².